The lowest BCUT2D eigenvalue weighted by atomic mass is 10.0. The third-order valence-corrected chi connectivity index (χ3v) is 4.44. The van der Waals surface area contributed by atoms with Crippen LogP contribution in [0.1, 0.15) is 110 Å². The van der Waals surface area contributed by atoms with Crippen LogP contribution in [0.25, 0.3) is 0 Å². The molecule has 0 aliphatic carbocycles. The summed E-state index contributed by atoms with van der Waals surface area (Å²) in [7, 11) is 0. The molecule has 0 rings (SSSR count). The van der Waals surface area contributed by atoms with E-state index < -0.39 is 5.91 Å². The number of carbonyl (C=O) groups excluding carboxylic acids is 1. The van der Waals surface area contributed by atoms with Crippen molar-refractivity contribution in [2.45, 2.75) is 110 Å². The lowest BCUT2D eigenvalue weighted by Gasteiger charge is -2.06. The highest BCUT2D eigenvalue weighted by molar-refractivity contribution is 5.75. The Labute approximate surface area is 133 Å². The number of hydrogen-bond acceptors (Lipinski definition) is 1. The van der Waals surface area contributed by atoms with Gasteiger partial charge in [0, 0.05) is 5.92 Å². The maximum absolute atomic E-state index is 10.8. The predicted octanol–water partition coefficient (Wildman–Crippen LogP) is 6.30. The first-order valence-electron chi connectivity index (χ1n) is 9.44. The molecule has 125 valence electrons. The second kappa shape index (κ2) is 15.9. The van der Waals surface area contributed by atoms with Crippen LogP contribution >= 0.6 is 0 Å². The Balaban J connectivity index is 3.04. The molecule has 1 atom stereocenters. The Bertz CT molecular complexity index is 228. The van der Waals surface area contributed by atoms with E-state index in [2.05, 4.69) is 6.92 Å². The SMILES string of the molecule is CCCCCCCCCCCCCCCCC(C)C([NH])=O. The monoisotopic (exact) mass is 296 g/mol. The fourth-order valence-electron chi connectivity index (χ4n) is 2.78. The van der Waals surface area contributed by atoms with Gasteiger partial charge in [0.1, 0.15) is 0 Å². The summed E-state index contributed by atoms with van der Waals surface area (Å²) in [4.78, 5) is 10.8. The maximum atomic E-state index is 10.8. The van der Waals surface area contributed by atoms with Crippen molar-refractivity contribution in [1.82, 2.24) is 5.73 Å². The van der Waals surface area contributed by atoms with Crippen molar-refractivity contribution in [3.8, 4) is 0 Å². The van der Waals surface area contributed by atoms with Crippen LogP contribution in [0, 0.1) is 5.92 Å². The van der Waals surface area contributed by atoms with E-state index in [0.717, 1.165) is 12.8 Å². The molecule has 0 aromatic rings. The number of amides is 1. The summed E-state index contributed by atoms with van der Waals surface area (Å²) >= 11 is 0. The van der Waals surface area contributed by atoms with Gasteiger partial charge >= 0.3 is 0 Å². The third-order valence-electron chi connectivity index (χ3n) is 4.44. The molecule has 0 aromatic heterocycles. The van der Waals surface area contributed by atoms with Gasteiger partial charge in [0.05, 0.1) is 0 Å². The summed E-state index contributed by atoms with van der Waals surface area (Å²) in [6, 6.07) is 0. The molecule has 2 nitrogen and oxygen atoms in total. The fraction of sp³-hybridized carbons (Fsp3) is 0.947. The van der Waals surface area contributed by atoms with Gasteiger partial charge in [0.15, 0.2) is 0 Å². The fourth-order valence-corrected chi connectivity index (χ4v) is 2.78. The van der Waals surface area contributed by atoms with Crippen LogP contribution in [0.15, 0.2) is 0 Å². The molecule has 1 unspecified atom stereocenters. The zero-order chi connectivity index (χ0) is 15.8. The number of unbranched alkanes of at least 4 members (excludes halogenated alkanes) is 13. The lowest BCUT2D eigenvalue weighted by molar-refractivity contribution is -0.122. The molecule has 2 heteroatoms. The summed E-state index contributed by atoms with van der Waals surface area (Å²) in [5, 5.41) is 0. The van der Waals surface area contributed by atoms with Gasteiger partial charge in [0.2, 0.25) is 5.91 Å². The molecule has 1 amide bonds. The van der Waals surface area contributed by atoms with Crippen molar-refractivity contribution < 1.29 is 4.79 Å². The van der Waals surface area contributed by atoms with E-state index in [9.17, 15) is 4.79 Å². The Morgan fingerprint density at radius 2 is 1.05 bits per heavy atom. The first-order valence-corrected chi connectivity index (χ1v) is 9.44. The zero-order valence-corrected chi connectivity index (χ0v) is 14.6. The molecule has 0 bridgehead atoms. The molecule has 0 heterocycles. The molecule has 21 heavy (non-hydrogen) atoms. The Morgan fingerprint density at radius 3 is 1.38 bits per heavy atom. The number of carbonyl (C=O) groups is 1. The van der Waals surface area contributed by atoms with Gasteiger partial charge < -0.3 is 0 Å². The molecular formula is C19H38NO. The van der Waals surface area contributed by atoms with Crippen molar-refractivity contribution in [2.24, 2.45) is 5.92 Å². The minimum absolute atomic E-state index is 0.0534. The van der Waals surface area contributed by atoms with Crippen molar-refractivity contribution in [1.29, 1.82) is 0 Å². The van der Waals surface area contributed by atoms with Crippen LogP contribution in [0.4, 0.5) is 0 Å². The first-order chi connectivity index (χ1) is 10.2. The number of rotatable bonds is 16. The van der Waals surface area contributed by atoms with Crippen molar-refractivity contribution >= 4 is 5.91 Å². The standard InChI is InChI=1S/C19H38NO/c1-3-4-5-6-7-8-9-10-11-12-13-14-15-16-17-18(2)19(20)21/h18,20H,3-17H2,1-2H3. The van der Waals surface area contributed by atoms with Gasteiger partial charge in [-0.2, -0.15) is 0 Å². The molecule has 1 N–H and O–H groups in total. The van der Waals surface area contributed by atoms with E-state index in [4.69, 9.17) is 5.73 Å². The van der Waals surface area contributed by atoms with Crippen molar-refractivity contribution in [3.63, 3.8) is 0 Å². The minimum atomic E-state index is -0.398. The van der Waals surface area contributed by atoms with Crippen LogP contribution < -0.4 is 5.73 Å². The highest BCUT2D eigenvalue weighted by Gasteiger charge is 2.07. The molecule has 0 spiro atoms. The van der Waals surface area contributed by atoms with E-state index in [1.54, 1.807) is 0 Å². The molecular weight excluding hydrogens is 258 g/mol. The third kappa shape index (κ3) is 15.7. The van der Waals surface area contributed by atoms with Crippen LogP contribution in [-0.2, 0) is 4.79 Å². The average Bonchev–Trinajstić information content (AvgIpc) is 2.47. The van der Waals surface area contributed by atoms with E-state index >= 15 is 0 Å². The summed E-state index contributed by atoms with van der Waals surface area (Å²) in [5.41, 5.74) is 7.02. The Morgan fingerprint density at radius 1 is 0.714 bits per heavy atom. The molecule has 1 radical (unpaired) electrons. The van der Waals surface area contributed by atoms with E-state index in [0.29, 0.717) is 0 Å². The van der Waals surface area contributed by atoms with E-state index in [1.807, 2.05) is 6.92 Å². The van der Waals surface area contributed by atoms with Gasteiger partial charge in [-0.05, 0) is 6.42 Å². The topological polar surface area (TPSA) is 40.9 Å². The summed E-state index contributed by atoms with van der Waals surface area (Å²) in [5.74, 6) is -0.452. The van der Waals surface area contributed by atoms with Crippen molar-refractivity contribution in [3.05, 3.63) is 0 Å². The molecule has 0 aliphatic rings. The molecule has 0 fully saturated rings. The van der Waals surface area contributed by atoms with Crippen LogP contribution in [-0.4, -0.2) is 5.91 Å². The highest BCUT2D eigenvalue weighted by Crippen LogP contribution is 2.14. The number of nitrogens with one attached hydrogen (secondary N) is 1. The van der Waals surface area contributed by atoms with Gasteiger partial charge in [0.25, 0.3) is 0 Å². The molecule has 0 saturated carbocycles. The first kappa shape index (κ1) is 20.5. The maximum Gasteiger partial charge on any atom is 0.241 e. The van der Waals surface area contributed by atoms with Gasteiger partial charge in [-0.25, -0.2) is 0 Å². The normalized spacial score (nSPS) is 12.5. The number of hydrogen-bond donors (Lipinski definition) is 0. The molecule has 0 aliphatic heterocycles. The van der Waals surface area contributed by atoms with Gasteiger partial charge in [-0.15, -0.1) is 0 Å². The zero-order valence-electron chi connectivity index (χ0n) is 14.6. The average molecular weight is 297 g/mol. The lowest BCUT2D eigenvalue weighted by Crippen LogP contribution is -2.10. The highest BCUT2D eigenvalue weighted by atomic mass is 16.1. The Kier molecular flexibility index (Phi) is 15.5. The smallest absolute Gasteiger partial charge is 0.241 e. The van der Waals surface area contributed by atoms with Crippen LogP contribution in [0.2, 0.25) is 0 Å². The second-order valence-corrected chi connectivity index (χ2v) is 6.65. The largest absolute Gasteiger partial charge is 0.273 e. The Hall–Kier alpha value is -0.530. The molecule has 0 saturated heterocycles. The summed E-state index contributed by atoms with van der Waals surface area (Å²) in [6.07, 6.45) is 20.0. The molecule has 0 aromatic carbocycles. The van der Waals surface area contributed by atoms with Gasteiger partial charge in [-0.1, -0.05) is 104 Å². The van der Waals surface area contributed by atoms with E-state index in [1.165, 1.54) is 83.5 Å². The van der Waals surface area contributed by atoms with Gasteiger partial charge in [-0.3, -0.25) is 10.5 Å². The van der Waals surface area contributed by atoms with Crippen LogP contribution in [0.5, 0.6) is 0 Å². The summed E-state index contributed by atoms with van der Waals surface area (Å²) in [6.45, 7) is 4.15. The summed E-state index contributed by atoms with van der Waals surface area (Å²) < 4.78 is 0. The minimum Gasteiger partial charge on any atom is -0.273 e. The predicted molar refractivity (Wildman–Crippen MR) is 92.2 cm³/mol. The van der Waals surface area contributed by atoms with Crippen molar-refractivity contribution in [2.75, 3.05) is 0 Å². The second-order valence-electron chi connectivity index (χ2n) is 6.65. The quantitative estimate of drug-likeness (QED) is 0.308. The van der Waals surface area contributed by atoms with E-state index in [-0.39, 0.29) is 5.92 Å². The van der Waals surface area contributed by atoms with Crippen LogP contribution in [0.3, 0.4) is 0 Å².